The van der Waals surface area contributed by atoms with Crippen LogP contribution in [0.1, 0.15) is 21.3 Å². The van der Waals surface area contributed by atoms with Crippen molar-refractivity contribution in [3.8, 4) is 5.75 Å². The molecule has 1 aromatic heterocycles. The molecule has 1 aliphatic heterocycles. The topological polar surface area (TPSA) is 125 Å². The van der Waals surface area contributed by atoms with E-state index in [4.69, 9.17) is 12.2 Å². The van der Waals surface area contributed by atoms with Gasteiger partial charge in [-0.25, -0.2) is 0 Å². The minimum atomic E-state index is -5.31. The molecule has 13 heteroatoms. The highest BCUT2D eigenvalue weighted by molar-refractivity contribution is 7.80. The number of phenolic OH excluding ortho intramolecular Hbond substituents is 1. The van der Waals surface area contributed by atoms with Gasteiger partial charge in [-0.3, -0.25) is 14.9 Å². The summed E-state index contributed by atoms with van der Waals surface area (Å²) in [6.07, 6.45) is -5.31. The summed E-state index contributed by atoms with van der Waals surface area (Å²) in [5.41, 5.74) is -4.64. The standard InChI is InChI=1S/C16H12F3N3O5S2/c17-16(18,19)15(25)11(13(24)10-2-1-5-29-10)12(20-14(28)21-15)7-3-4-9(23)8(6-7)22(26)27/h1-6,11-12,23,25H,(H2,20,21,28)/t11-,12+,15-/m1/s1. The largest absolute Gasteiger partial charge is 0.502 e. The van der Waals surface area contributed by atoms with E-state index in [9.17, 15) is 38.3 Å². The summed E-state index contributed by atoms with van der Waals surface area (Å²) >= 11 is 5.66. The molecule has 8 nitrogen and oxygen atoms in total. The second-order valence-corrected chi connectivity index (χ2v) is 7.52. The van der Waals surface area contributed by atoms with Gasteiger partial charge in [-0.15, -0.1) is 11.3 Å². The third-order valence-corrected chi connectivity index (χ3v) is 5.51. The van der Waals surface area contributed by atoms with Gasteiger partial charge < -0.3 is 20.8 Å². The van der Waals surface area contributed by atoms with Crippen molar-refractivity contribution >= 4 is 40.1 Å². The number of alkyl halides is 3. The van der Waals surface area contributed by atoms with E-state index >= 15 is 0 Å². The number of carbonyl (C=O) groups is 1. The first-order valence-corrected chi connectivity index (χ1v) is 9.17. The summed E-state index contributed by atoms with van der Waals surface area (Å²) in [4.78, 5) is 23.1. The van der Waals surface area contributed by atoms with Crippen molar-refractivity contribution in [2.45, 2.75) is 17.9 Å². The number of hydrogen-bond donors (Lipinski definition) is 4. The first kappa shape index (κ1) is 21.0. The van der Waals surface area contributed by atoms with Crippen molar-refractivity contribution in [1.29, 1.82) is 0 Å². The second-order valence-electron chi connectivity index (χ2n) is 6.16. The van der Waals surface area contributed by atoms with E-state index in [-0.39, 0.29) is 10.4 Å². The van der Waals surface area contributed by atoms with Crippen molar-refractivity contribution in [2.24, 2.45) is 5.92 Å². The number of nitro groups is 1. The maximum atomic E-state index is 13.8. The maximum Gasteiger partial charge on any atom is 0.437 e. The number of hydrogen-bond acceptors (Lipinski definition) is 7. The van der Waals surface area contributed by atoms with E-state index in [1.165, 1.54) is 17.5 Å². The lowest BCUT2D eigenvalue weighted by Crippen LogP contribution is -2.72. The molecule has 4 N–H and O–H groups in total. The van der Waals surface area contributed by atoms with Gasteiger partial charge in [0.05, 0.1) is 15.8 Å². The van der Waals surface area contributed by atoms with Gasteiger partial charge in [0.25, 0.3) is 0 Å². The molecule has 0 aliphatic carbocycles. The quantitative estimate of drug-likeness (QED) is 0.244. The van der Waals surface area contributed by atoms with Crippen LogP contribution >= 0.6 is 23.6 Å². The third kappa shape index (κ3) is 3.63. The molecule has 0 spiro atoms. The number of nitro benzene ring substituents is 1. The van der Waals surface area contributed by atoms with Gasteiger partial charge in [0, 0.05) is 6.07 Å². The number of benzene rings is 1. The molecule has 3 rings (SSSR count). The number of thiophene rings is 1. The number of ketones is 1. The summed E-state index contributed by atoms with van der Waals surface area (Å²) < 4.78 is 41.4. The van der Waals surface area contributed by atoms with Crippen molar-refractivity contribution < 1.29 is 33.1 Å². The number of nitrogens with zero attached hydrogens (tertiary/aromatic N) is 1. The van der Waals surface area contributed by atoms with E-state index in [0.717, 1.165) is 29.5 Å². The summed E-state index contributed by atoms with van der Waals surface area (Å²) in [5, 5.41) is 36.3. The first-order valence-electron chi connectivity index (χ1n) is 7.88. The summed E-state index contributed by atoms with van der Waals surface area (Å²) in [6.45, 7) is 0. The Labute approximate surface area is 170 Å². The highest BCUT2D eigenvalue weighted by Crippen LogP contribution is 2.45. The van der Waals surface area contributed by atoms with Crippen LogP contribution in [-0.4, -0.2) is 37.9 Å². The number of thiocarbonyl (C=S) groups is 1. The predicted octanol–water partition coefficient (Wildman–Crippen LogP) is 2.63. The fourth-order valence-corrected chi connectivity index (χ4v) is 4.06. The zero-order valence-corrected chi connectivity index (χ0v) is 15.8. The molecule has 1 aromatic carbocycles. The molecule has 0 amide bonds. The molecule has 1 fully saturated rings. The van der Waals surface area contributed by atoms with Gasteiger partial charge in [0.15, 0.2) is 16.6 Å². The molecule has 0 bridgehead atoms. The van der Waals surface area contributed by atoms with Crippen molar-refractivity contribution in [2.75, 3.05) is 0 Å². The summed E-state index contributed by atoms with van der Waals surface area (Å²) in [6, 6.07) is 4.04. The Bertz CT molecular complexity index is 983. The van der Waals surface area contributed by atoms with Gasteiger partial charge in [0.1, 0.15) is 5.92 Å². The van der Waals surface area contributed by atoms with E-state index < -0.39 is 51.1 Å². The van der Waals surface area contributed by atoms with Crippen molar-refractivity contribution in [3.63, 3.8) is 0 Å². The molecule has 1 aliphatic rings. The molecule has 154 valence electrons. The Morgan fingerprint density at radius 2 is 2.03 bits per heavy atom. The molecular weight excluding hydrogens is 435 g/mol. The Morgan fingerprint density at radius 3 is 2.59 bits per heavy atom. The van der Waals surface area contributed by atoms with Crippen LogP contribution in [0.3, 0.4) is 0 Å². The van der Waals surface area contributed by atoms with Crippen LogP contribution in [-0.2, 0) is 0 Å². The Kier molecular flexibility index (Phi) is 5.23. The van der Waals surface area contributed by atoms with Gasteiger partial charge >= 0.3 is 11.9 Å². The number of nitrogens with one attached hydrogen (secondary N) is 2. The van der Waals surface area contributed by atoms with Gasteiger partial charge in [-0.1, -0.05) is 12.1 Å². The molecule has 29 heavy (non-hydrogen) atoms. The number of aromatic hydroxyl groups is 1. The number of Topliss-reactive ketones (excluding diaryl/α,β-unsaturated/α-hetero) is 1. The normalized spacial score (nSPS) is 24.5. The van der Waals surface area contributed by atoms with Crippen LogP contribution < -0.4 is 10.6 Å². The lowest BCUT2D eigenvalue weighted by molar-refractivity contribution is -0.386. The van der Waals surface area contributed by atoms with Crippen molar-refractivity contribution in [3.05, 3.63) is 56.3 Å². The number of phenols is 1. The van der Waals surface area contributed by atoms with E-state index in [0.29, 0.717) is 0 Å². The van der Waals surface area contributed by atoms with Gasteiger partial charge in [-0.2, -0.15) is 13.2 Å². The van der Waals surface area contributed by atoms with Crippen LogP contribution in [0.5, 0.6) is 5.75 Å². The zero-order chi connectivity index (χ0) is 21.6. The fraction of sp³-hybridized carbons (Fsp3) is 0.250. The number of aliphatic hydroxyl groups is 1. The number of rotatable bonds is 4. The Hall–Kier alpha value is -2.77. The minimum absolute atomic E-state index is 0.0487. The predicted molar refractivity (Wildman–Crippen MR) is 99.5 cm³/mol. The van der Waals surface area contributed by atoms with Crippen LogP contribution in [0.4, 0.5) is 18.9 Å². The molecule has 0 saturated carbocycles. The van der Waals surface area contributed by atoms with E-state index in [2.05, 4.69) is 5.32 Å². The van der Waals surface area contributed by atoms with Crippen molar-refractivity contribution in [1.82, 2.24) is 10.6 Å². The second kappa shape index (κ2) is 7.24. The zero-order valence-electron chi connectivity index (χ0n) is 14.1. The van der Waals surface area contributed by atoms with E-state index in [1.807, 2.05) is 0 Å². The molecule has 0 radical (unpaired) electrons. The first-order chi connectivity index (χ1) is 13.5. The van der Waals surface area contributed by atoms with Crippen LogP contribution in [0.2, 0.25) is 0 Å². The molecule has 2 heterocycles. The van der Waals surface area contributed by atoms with Gasteiger partial charge in [0.2, 0.25) is 5.72 Å². The lowest BCUT2D eigenvalue weighted by atomic mass is 9.78. The average Bonchev–Trinajstić information content (AvgIpc) is 3.14. The monoisotopic (exact) mass is 447 g/mol. The average molecular weight is 447 g/mol. The van der Waals surface area contributed by atoms with Crippen LogP contribution in [0.15, 0.2) is 35.7 Å². The number of carbonyl (C=O) groups excluding carboxylic acids is 1. The Morgan fingerprint density at radius 1 is 1.34 bits per heavy atom. The SMILES string of the molecule is O=C(c1cccs1)[C@H]1[C@H](c2ccc(O)c([N+](=O)[O-])c2)NC(=S)N[C@]1(O)C(F)(F)F. The smallest absolute Gasteiger partial charge is 0.437 e. The summed E-state index contributed by atoms with van der Waals surface area (Å²) in [5.74, 6) is -3.91. The van der Waals surface area contributed by atoms with E-state index in [1.54, 1.807) is 5.32 Å². The number of halogens is 3. The minimum Gasteiger partial charge on any atom is -0.502 e. The summed E-state index contributed by atoms with van der Waals surface area (Å²) in [7, 11) is 0. The molecule has 2 aromatic rings. The van der Waals surface area contributed by atoms with Gasteiger partial charge in [-0.05, 0) is 35.3 Å². The molecule has 0 unspecified atom stereocenters. The molecular formula is C16H12F3N3O5S2. The third-order valence-electron chi connectivity index (χ3n) is 4.41. The Balaban J connectivity index is 2.19. The lowest BCUT2D eigenvalue weighted by Gasteiger charge is -2.46. The molecule has 3 atom stereocenters. The fourth-order valence-electron chi connectivity index (χ4n) is 3.07. The highest BCUT2D eigenvalue weighted by Gasteiger charge is 2.66. The highest BCUT2D eigenvalue weighted by atomic mass is 32.1. The van der Waals surface area contributed by atoms with Crippen LogP contribution in [0.25, 0.3) is 0 Å². The maximum absolute atomic E-state index is 13.8. The molecule has 1 saturated heterocycles. The van der Waals surface area contributed by atoms with Crippen LogP contribution in [0, 0.1) is 16.0 Å².